The maximum absolute atomic E-state index is 12.1. The summed E-state index contributed by atoms with van der Waals surface area (Å²) < 4.78 is 1.80. The van der Waals surface area contributed by atoms with Gasteiger partial charge in [0, 0.05) is 37.3 Å². The first-order valence-electron chi connectivity index (χ1n) is 7.66. The number of rotatable bonds is 7. The zero-order valence-electron chi connectivity index (χ0n) is 12.8. The second kappa shape index (κ2) is 6.74. The van der Waals surface area contributed by atoms with Crippen molar-refractivity contribution < 1.29 is 9.59 Å². The lowest BCUT2D eigenvalue weighted by Gasteiger charge is -2.31. The third-order valence-electron chi connectivity index (χ3n) is 4.55. The Hall–Kier alpha value is -1.85. The smallest absolute Gasteiger partial charge is 0.243 e. The third-order valence-corrected chi connectivity index (χ3v) is 4.55. The van der Waals surface area contributed by atoms with E-state index in [0.717, 1.165) is 12.8 Å². The number of carbonyl (C=O) groups excluding carboxylic acids is 2. The lowest BCUT2D eigenvalue weighted by atomic mass is 9.77. The van der Waals surface area contributed by atoms with Crippen LogP contribution in [0.3, 0.4) is 0 Å². The van der Waals surface area contributed by atoms with Crippen molar-refractivity contribution in [1.29, 1.82) is 0 Å². The van der Waals surface area contributed by atoms with Crippen LogP contribution in [-0.2, 0) is 16.1 Å². The highest BCUT2D eigenvalue weighted by Crippen LogP contribution is 2.34. The first-order valence-corrected chi connectivity index (χ1v) is 7.66. The second-order valence-electron chi connectivity index (χ2n) is 5.66. The highest BCUT2D eigenvalue weighted by molar-refractivity contribution is 5.90. The molecule has 2 amide bonds. The minimum Gasteiger partial charge on any atom is -0.354 e. The van der Waals surface area contributed by atoms with Gasteiger partial charge in [-0.15, -0.1) is 0 Å². The number of hydrogen-bond donors (Lipinski definition) is 2. The van der Waals surface area contributed by atoms with Gasteiger partial charge < -0.3 is 10.6 Å². The second-order valence-corrected chi connectivity index (χ2v) is 5.66. The number of aromatic nitrogens is 2. The zero-order valence-corrected chi connectivity index (χ0v) is 12.8. The van der Waals surface area contributed by atoms with Crippen LogP contribution < -0.4 is 10.6 Å². The van der Waals surface area contributed by atoms with Crippen molar-refractivity contribution in [3.8, 4) is 0 Å². The van der Waals surface area contributed by atoms with Gasteiger partial charge >= 0.3 is 0 Å². The lowest BCUT2D eigenvalue weighted by molar-refractivity contribution is -0.129. The van der Waals surface area contributed by atoms with Gasteiger partial charge in [0.25, 0.3) is 0 Å². The maximum atomic E-state index is 12.1. The van der Waals surface area contributed by atoms with Crippen LogP contribution in [0.5, 0.6) is 0 Å². The van der Waals surface area contributed by atoms with E-state index >= 15 is 0 Å². The van der Waals surface area contributed by atoms with E-state index in [9.17, 15) is 9.59 Å². The molecule has 1 aromatic rings. The van der Waals surface area contributed by atoms with Crippen LogP contribution in [-0.4, -0.2) is 34.2 Å². The summed E-state index contributed by atoms with van der Waals surface area (Å²) in [6.07, 6.45) is 6.47. The summed E-state index contributed by atoms with van der Waals surface area (Å²) >= 11 is 0. The van der Waals surface area contributed by atoms with Gasteiger partial charge in [-0.05, 0) is 25.3 Å². The van der Waals surface area contributed by atoms with Crippen molar-refractivity contribution in [3.63, 3.8) is 0 Å². The summed E-state index contributed by atoms with van der Waals surface area (Å²) in [5, 5.41) is 9.90. The molecule has 116 valence electrons. The van der Waals surface area contributed by atoms with Crippen molar-refractivity contribution in [2.75, 3.05) is 6.54 Å². The zero-order chi connectivity index (χ0) is 15.3. The lowest BCUT2D eigenvalue weighted by Crippen LogP contribution is -2.48. The van der Waals surface area contributed by atoms with Crippen molar-refractivity contribution >= 4 is 11.8 Å². The molecule has 2 heterocycles. The summed E-state index contributed by atoms with van der Waals surface area (Å²) in [6, 6.07) is 1.46. The molecule has 0 saturated carbocycles. The Labute approximate surface area is 125 Å². The monoisotopic (exact) mass is 292 g/mol. The first kappa shape index (κ1) is 15.5. The van der Waals surface area contributed by atoms with Crippen molar-refractivity contribution in [2.24, 2.45) is 5.41 Å². The van der Waals surface area contributed by atoms with E-state index in [0.29, 0.717) is 25.9 Å². The molecule has 1 aliphatic rings. The fourth-order valence-electron chi connectivity index (χ4n) is 2.94. The molecule has 0 radical (unpaired) electrons. The minimum absolute atomic E-state index is 0.0564. The van der Waals surface area contributed by atoms with Gasteiger partial charge in [0.15, 0.2) is 0 Å². The van der Waals surface area contributed by atoms with Crippen molar-refractivity contribution in [2.45, 2.75) is 52.1 Å². The summed E-state index contributed by atoms with van der Waals surface area (Å²) in [7, 11) is 0. The molecule has 1 aliphatic heterocycles. The van der Waals surface area contributed by atoms with Gasteiger partial charge in [0.1, 0.15) is 6.04 Å². The molecule has 0 aromatic carbocycles. The van der Waals surface area contributed by atoms with Gasteiger partial charge in [0.05, 0.1) is 0 Å². The minimum atomic E-state index is -0.398. The highest BCUT2D eigenvalue weighted by atomic mass is 16.2. The summed E-state index contributed by atoms with van der Waals surface area (Å²) in [4.78, 5) is 24.0. The fourth-order valence-corrected chi connectivity index (χ4v) is 2.94. The third kappa shape index (κ3) is 3.43. The number of hydrogen-bond acceptors (Lipinski definition) is 3. The molecule has 1 saturated heterocycles. The summed E-state index contributed by atoms with van der Waals surface area (Å²) in [5.41, 5.74) is -0.144. The maximum Gasteiger partial charge on any atom is 0.243 e. The van der Waals surface area contributed by atoms with Gasteiger partial charge in [0.2, 0.25) is 11.8 Å². The molecule has 1 atom stereocenters. The van der Waals surface area contributed by atoms with E-state index < -0.39 is 6.04 Å². The number of nitrogens with one attached hydrogen (secondary N) is 2. The fraction of sp³-hybridized carbons (Fsp3) is 0.667. The standard InChI is InChI=1S/C15H24N4O2/c1-3-15(4-2)11-16-14(21)13(15)18-12(20)7-5-9-19-10-6-8-17-19/h6,8,10,13H,3-5,7,9,11H2,1-2H3,(H,16,21)(H,18,20). The molecule has 0 spiro atoms. The average Bonchev–Trinajstić information content (AvgIpc) is 3.09. The molecular formula is C15H24N4O2. The Morgan fingerprint density at radius 1 is 1.52 bits per heavy atom. The molecule has 0 bridgehead atoms. The first-order chi connectivity index (χ1) is 10.1. The van der Waals surface area contributed by atoms with Crippen LogP contribution in [0.25, 0.3) is 0 Å². The Kier molecular flexibility index (Phi) is 4.98. The van der Waals surface area contributed by atoms with E-state index in [4.69, 9.17) is 0 Å². The van der Waals surface area contributed by atoms with Crippen LogP contribution >= 0.6 is 0 Å². The SMILES string of the molecule is CCC1(CC)CNC(=O)C1NC(=O)CCCn1cccn1. The predicted octanol–water partition coefficient (Wildman–Crippen LogP) is 1.08. The molecule has 6 heteroatoms. The molecule has 1 unspecified atom stereocenters. The van der Waals surface area contributed by atoms with E-state index in [1.807, 2.05) is 12.3 Å². The summed E-state index contributed by atoms with van der Waals surface area (Å²) in [6.45, 7) is 5.50. The Morgan fingerprint density at radius 3 is 2.90 bits per heavy atom. The largest absolute Gasteiger partial charge is 0.354 e. The number of aryl methyl sites for hydroxylation is 1. The molecule has 2 rings (SSSR count). The number of amides is 2. The Morgan fingerprint density at radius 2 is 2.29 bits per heavy atom. The topological polar surface area (TPSA) is 76.0 Å². The molecule has 1 aromatic heterocycles. The highest BCUT2D eigenvalue weighted by Gasteiger charge is 2.46. The van der Waals surface area contributed by atoms with Crippen LogP contribution in [0.15, 0.2) is 18.5 Å². The van der Waals surface area contributed by atoms with Crippen molar-refractivity contribution in [3.05, 3.63) is 18.5 Å². The van der Waals surface area contributed by atoms with E-state index in [2.05, 4.69) is 29.6 Å². The normalized spacial score (nSPS) is 20.3. The van der Waals surface area contributed by atoms with Crippen LogP contribution in [0.1, 0.15) is 39.5 Å². The van der Waals surface area contributed by atoms with Gasteiger partial charge in [-0.3, -0.25) is 14.3 Å². The number of carbonyl (C=O) groups is 2. The molecule has 0 aliphatic carbocycles. The molecule has 21 heavy (non-hydrogen) atoms. The van der Waals surface area contributed by atoms with Gasteiger partial charge in [-0.25, -0.2) is 0 Å². The average molecular weight is 292 g/mol. The van der Waals surface area contributed by atoms with Gasteiger partial charge in [-0.1, -0.05) is 13.8 Å². The molecular weight excluding hydrogens is 268 g/mol. The van der Waals surface area contributed by atoms with Crippen LogP contribution in [0.2, 0.25) is 0 Å². The van der Waals surface area contributed by atoms with E-state index in [-0.39, 0.29) is 17.2 Å². The Balaban J connectivity index is 1.84. The molecule has 2 N–H and O–H groups in total. The van der Waals surface area contributed by atoms with E-state index in [1.54, 1.807) is 10.9 Å². The van der Waals surface area contributed by atoms with Crippen LogP contribution in [0, 0.1) is 5.41 Å². The number of nitrogens with zero attached hydrogens (tertiary/aromatic N) is 2. The van der Waals surface area contributed by atoms with E-state index in [1.165, 1.54) is 0 Å². The molecule has 6 nitrogen and oxygen atoms in total. The molecule has 1 fully saturated rings. The summed E-state index contributed by atoms with van der Waals surface area (Å²) in [5.74, 6) is -0.116. The predicted molar refractivity (Wildman–Crippen MR) is 79.4 cm³/mol. The Bertz CT molecular complexity index is 480. The van der Waals surface area contributed by atoms with Crippen molar-refractivity contribution in [1.82, 2.24) is 20.4 Å². The van der Waals surface area contributed by atoms with Crippen LogP contribution in [0.4, 0.5) is 0 Å². The quantitative estimate of drug-likeness (QED) is 0.789. The van der Waals surface area contributed by atoms with Gasteiger partial charge in [-0.2, -0.15) is 5.10 Å².